The molecule has 0 spiro atoms. The van der Waals surface area contributed by atoms with Crippen LogP contribution in [0.3, 0.4) is 0 Å². The third-order valence-electron chi connectivity index (χ3n) is 0.947. The normalized spacial score (nSPS) is 13.8. The first-order valence-electron chi connectivity index (χ1n) is 2.93. The zero-order valence-electron chi connectivity index (χ0n) is 6.37. The number of rotatable bonds is 3. The molecule has 8 heteroatoms. The van der Waals surface area contributed by atoms with Crippen molar-refractivity contribution < 1.29 is 35.8 Å². The largest absolute Gasteiger partial charge is 0.423 e. The fraction of sp³-hybridized carbons (Fsp3) is 1.00. The molecule has 0 radical (unpaired) electrons. The Morgan fingerprint density at radius 3 is 1.62 bits per heavy atom. The molecule has 0 heterocycles. The fourth-order valence-electron chi connectivity index (χ4n) is 0.511. The Morgan fingerprint density at radius 1 is 1.00 bits per heavy atom. The van der Waals surface area contributed by atoms with Crippen LogP contribution in [0.2, 0.25) is 0 Å². The molecule has 0 rings (SSSR count). The Kier molecular flexibility index (Phi) is 3.98. The van der Waals surface area contributed by atoms with Gasteiger partial charge >= 0.3 is 12.4 Å². The Morgan fingerprint density at radius 2 is 1.38 bits per heavy atom. The maximum absolute atomic E-state index is 11.6. The molecule has 0 aliphatic heterocycles. The summed E-state index contributed by atoms with van der Waals surface area (Å²) in [6.45, 7) is -1.07. The summed E-state index contributed by atoms with van der Waals surface area (Å²) in [6.07, 6.45) is -14.7. The lowest BCUT2D eigenvalue weighted by Crippen LogP contribution is -2.44. The van der Waals surface area contributed by atoms with E-state index in [2.05, 4.69) is 9.47 Å². The van der Waals surface area contributed by atoms with Crippen LogP contribution in [0.4, 0.5) is 26.3 Å². The predicted molar refractivity (Wildman–Crippen MR) is 28.9 cm³/mol. The van der Waals surface area contributed by atoms with Crippen LogP contribution in [0.15, 0.2) is 0 Å². The predicted octanol–water partition coefficient (Wildman–Crippen LogP) is 2.10. The molecule has 0 atom stereocenters. The molecule has 0 unspecified atom stereocenters. The van der Waals surface area contributed by atoms with Crippen molar-refractivity contribution >= 4 is 0 Å². The lowest BCUT2D eigenvalue weighted by Gasteiger charge is -2.22. The Balaban J connectivity index is 4.39. The van der Waals surface area contributed by atoms with Crippen LogP contribution >= 0.6 is 0 Å². The van der Waals surface area contributed by atoms with E-state index in [4.69, 9.17) is 0 Å². The van der Waals surface area contributed by atoms with Crippen molar-refractivity contribution in [2.75, 3.05) is 13.9 Å². The molecule has 0 aliphatic carbocycles. The minimum absolute atomic E-state index is 0.920. The standard InChI is InChI=1S/C5H6F6O2/c1-12-2-13-3(4(6,7)8)5(9,10)11/h3H,2H2,1H3. The molecule has 0 aromatic rings. The highest BCUT2D eigenvalue weighted by molar-refractivity contribution is 4.75. The van der Waals surface area contributed by atoms with Gasteiger partial charge in [-0.05, 0) is 0 Å². The topological polar surface area (TPSA) is 18.5 Å². The van der Waals surface area contributed by atoms with Crippen LogP contribution in [0, 0.1) is 0 Å². The first-order valence-corrected chi connectivity index (χ1v) is 2.93. The Hall–Kier alpha value is -0.500. The minimum atomic E-state index is -5.48. The van der Waals surface area contributed by atoms with Crippen LogP contribution in [-0.2, 0) is 9.47 Å². The molecule has 0 amide bonds. The van der Waals surface area contributed by atoms with Gasteiger partial charge in [-0.15, -0.1) is 0 Å². The molecule has 2 nitrogen and oxygen atoms in total. The monoisotopic (exact) mass is 212 g/mol. The molecule has 80 valence electrons. The summed E-state index contributed by atoms with van der Waals surface area (Å²) in [7, 11) is 0.920. The summed E-state index contributed by atoms with van der Waals surface area (Å²) < 4.78 is 77.2. The van der Waals surface area contributed by atoms with E-state index in [0.717, 1.165) is 7.11 Å². The van der Waals surface area contributed by atoms with Gasteiger partial charge in [-0.3, -0.25) is 0 Å². The summed E-state index contributed by atoms with van der Waals surface area (Å²) in [6, 6.07) is 0. The van der Waals surface area contributed by atoms with Gasteiger partial charge in [0.1, 0.15) is 6.79 Å². The molecule has 13 heavy (non-hydrogen) atoms. The van der Waals surface area contributed by atoms with Crippen molar-refractivity contribution in [3.05, 3.63) is 0 Å². The molecule has 0 aliphatic rings. The van der Waals surface area contributed by atoms with Crippen molar-refractivity contribution in [3.63, 3.8) is 0 Å². The zero-order valence-corrected chi connectivity index (χ0v) is 6.37. The smallest absolute Gasteiger partial charge is 0.359 e. The maximum Gasteiger partial charge on any atom is 0.423 e. The summed E-state index contributed by atoms with van der Waals surface area (Å²) in [5.74, 6) is 0. The summed E-state index contributed by atoms with van der Waals surface area (Å²) >= 11 is 0. The van der Waals surface area contributed by atoms with Gasteiger partial charge < -0.3 is 9.47 Å². The quantitative estimate of drug-likeness (QED) is 0.526. The first kappa shape index (κ1) is 12.5. The molecule has 0 fully saturated rings. The molecular formula is C5H6F6O2. The van der Waals surface area contributed by atoms with Crippen molar-refractivity contribution in [2.24, 2.45) is 0 Å². The van der Waals surface area contributed by atoms with Crippen LogP contribution < -0.4 is 0 Å². The van der Waals surface area contributed by atoms with Crippen molar-refractivity contribution in [2.45, 2.75) is 18.5 Å². The van der Waals surface area contributed by atoms with Gasteiger partial charge in [0.15, 0.2) is 0 Å². The Bertz CT molecular complexity index is 136. The van der Waals surface area contributed by atoms with Crippen LogP contribution in [0.25, 0.3) is 0 Å². The number of methoxy groups -OCH3 is 1. The molecule has 0 N–H and O–H groups in total. The van der Waals surface area contributed by atoms with Gasteiger partial charge in [-0.1, -0.05) is 0 Å². The summed E-state index contributed by atoms with van der Waals surface area (Å²) in [4.78, 5) is 0. The van der Waals surface area contributed by atoms with Crippen molar-refractivity contribution in [3.8, 4) is 0 Å². The highest BCUT2D eigenvalue weighted by atomic mass is 19.4. The average Bonchev–Trinajstić information content (AvgIpc) is 1.81. The summed E-state index contributed by atoms with van der Waals surface area (Å²) in [5, 5.41) is 0. The van der Waals surface area contributed by atoms with Gasteiger partial charge in [-0.2, -0.15) is 26.3 Å². The second-order valence-corrected chi connectivity index (χ2v) is 2.04. The van der Waals surface area contributed by atoms with Crippen LogP contribution in [-0.4, -0.2) is 32.4 Å². The number of halogens is 6. The van der Waals surface area contributed by atoms with Gasteiger partial charge in [0.05, 0.1) is 0 Å². The third-order valence-corrected chi connectivity index (χ3v) is 0.947. The third kappa shape index (κ3) is 4.32. The second kappa shape index (κ2) is 4.14. The van der Waals surface area contributed by atoms with Crippen molar-refractivity contribution in [1.82, 2.24) is 0 Å². The maximum atomic E-state index is 11.6. The van der Waals surface area contributed by atoms with E-state index in [1.54, 1.807) is 0 Å². The van der Waals surface area contributed by atoms with E-state index in [1.165, 1.54) is 0 Å². The van der Waals surface area contributed by atoms with E-state index < -0.39 is 25.2 Å². The van der Waals surface area contributed by atoms with Gasteiger partial charge in [0, 0.05) is 7.11 Å². The van der Waals surface area contributed by atoms with Crippen LogP contribution in [0.1, 0.15) is 0 Å². The molecule has 0 aromatic carbocycles. The number of hydrogen-bond donors (Lipinski definition) is 0. The Labute approximate surface area is 69.4 Å². The lowest BCUT2D eigenvalue weighted by atomic mass is 10.3. The van der Waals surface area contributed by atoms with E-state index in [-0.39, 0.29) is 0 Å². The molecule has 0 saturated heterocycles. The SMILES string of the molecule is COCOC(C(F)(F)F)C(F)(F)F. The number of ether oxygens (including phenoxy) is 2. The zero-order chi connectivity index (χ0) is 10.7. The highest BCUT2D eigenvalue weighted by Gasteiger charge is 2.58. The van der Waals surface area contributed by atoms with Gasteiger partial charge in [0.25, 0.3) is 6.10 Å². The lowest BCUT2D eigenvalue weighted by molar-refractivity contribution is -0.333. The van der Waals surface area contributed by atoms with E-state index in [9.17, 15) is 26.3 Å². The van der Waals surface area contributed by atoms with Crippen molar-refractivity contribution in [1.29, 1.82) is 0 Å². The first-order chi connectivity index (χ1) is 5.69. The molecule has 0 aromatic heterocycles. The summed E-state index contributed by atoms with van der Waals surface area (Å²) in [5.41, 5.74) is 0. The fourth-order valence-corrected chi connectivity index (χ4v) is 0.511. The average molecular weight is 212 g/mol. The van der Waals surface area contributed by atoms with Crippen LogP contribution in [0.5, 0.6) is 0 Å². The minimum Gasteiger partial charge on any atom is -0.359 e. The van der Waals surface area contributed by atoms with E-state index in [1.807, 2.05) is 0 Å². The van der Waals surface area contributed by atoms with Gasteiger partial charge in [0.2, 0.25) is 0 Å². The van der Waals surface area contributed by atoms with E-state index >= 15 is 0 Å². The number of hydrogen-bond acceptors (Lipinski definition) is 2. The van der Waals surface area contributed by atoms with E-state index in [0.29, 0.717) is 0 Å². The molecular weight excluding hydrogens is 206 g/mol. The molecule has 0 bridgehead atoms. The second-order valence-electron chi connectivity index (χ2n) is 2.04. The highest BCUT2D eigenvalue weighted by Crippen LogP contribution is 2.35. The molecule has 0 saturated carbocycles. The van der Waals surface area contributed by atoms with Gasteiger partial charge in [-0.25, -0.2) is 0 Å². The number of alkyl halides is 6.